The molecule has 2 nitrogen and oxygen atoms in total. The lowest BCUT2D eigenvalue weighted by Gasteiger charge is -2.36. The molecule has 74 valence electrons. The summed E-state index contributed by atoms with van der Waals surface area (Å²) in [5, 5.41) is 3.45. The second-order valence-corrected chi connectivity index (χ2v) is 4.14. The number of hydrogen-bond donors (Lipinski definition) is 1. The molecule has 3 rings (SSSR count). The first-order valence-electron chi connectivity index (χ1n) is 5.35. The van der Waals surface area contributed by atoms with E-state index >= 15 is 0 Å². The first-order valence-corrected chi connectivity index (χ1v) is 5.35. The summed E-state index contributed by atoms with van der Waals surface area (Å²) in [4.78, 5) is 0. The largest absolute Gasteiger partial charge is 0.369 e. The van der Waals surface area contributed by atoms with E-state index in [1.165, 1.54) is 12.0 Å². The predicted molar refractivity (Wildman–Crippen MR) is 56.0 cm³/mol. The van der Waals surface area contributed by atoms with Crippen molar-refractivity contribution in [3.05, 3.63) is 35.5 Å². The number of nitrogens with one attached hydrogen (secondary N) is 1. The van der Waals surface area contributed by atoms with E-state index in [1.807, 2.05) is 0 Å². The van der Waals surface area contributed by atoms with E-state index in [2.05, 4.69) is 29.6 Å². The van der Waals surface area contributed by atoms with Crippen molar-refractivity contribution in [2.45, 2.75) is 12.5 Å². The quantitative estimate of drug-likeness (QED) is 0.622. The van der Waals surface area contributed by atoms with E-state index in [0.29, 0.717) is 5.92 Å². The standard InChI is InChI=1S/C12H15NO/c1-2-4-12-10(3-1)11-7-13-6-5-9(11)8-14-12/h1-4,9,12-13H,5-8H2. The van der Waals surface area contributed by atoms with Crippen LogP contribution in [-0.4, -0.2) is 25.8 Å². The van der Waals surface area contributed by atoms with Crippen LogP contribution in [0, 0.1) is 5.92 Å². The Bertz CT molecular complexity index is 327. The van der Waals surface area contributed by atoms with Gasteiger partial charge in [0.1, 0.15) is 6.10 Å². The van der Waals surface area contributed by atoms with Crippen LogP contribution in [0.3, 0.4) is 0 Å². The van der Waals surface area contributed by atoms with Gasteiger partial charge in [-0.15, -0.1) is 0 Å². The maximum atomic E-state index is 5.83. The van der Waals surface area contributed by atoms with Crippen LogP contribution in [0.2, 0.25) is 0 Å². The zero-order valence-corrected chi connectivity index (χ0v) is 8.20. The maximum absolute atomic E-state index is 5.83. The molecule has 0 aromatic heterocycles. The van der Waals surface area contributed by atoms with Crippen LogP contribution in [0.25, 0.3) is 0 Å². The third-order valence-electron chi connectivity index (χ3n) is 3.30. The first kappa shape index (κ1) is 8.45. The first-order chi connectivity index (χ1) is 6.95. The molecular formula is C12H15NO. The molecule has 0 radical (unpaired) electrons. The van der Waals surface area contributed by atoms with Crippen LogP contribution in [0.4, 0.5) is 0 Å². The van der Waals surface area contributed by atoms with Crippen LogP contribution in [0.15, 0.2) is 35.5 Å². The Kier molecular flexibility index (Phi) is 2.03. The highest BCUT2D eigenvalue weighted by atomic mass is 16.5. The highest BCUT2D eigenvalue weighted by Crippen LogP contribution is 2.32. The molecule has 0 bridgehead atoms. The molecule has 14 heavy (non-hydrogen) atoms. The van der Waals surface area contributed by atoms with E-state index < -0.39 is 0 Å². The third-order valence-corrected chi connectivity index (χ3v) is 3.30. The number of fused-ring (bicyclic) bond motifs is 2. The van der Waals surface area contributed by atoms with Gasteiger partial charge in [-0.2, -0.15) is 0 Å². The van der Waals surface area contributed by atoms with Crippen LogP contribution in [0.1, 0.15) is 6.42 Å². The normalized spacial score (nSPS) is 35.4. The summed E-state index contributed by atoms with van der Waals surface area (Å²) in [6.07, 6.45) is 9.99. The molecule has 2 heterocycles. The molecule has 0 aromatic rings. The summed E-state index contributed by atoms with van der Waals surface area (Å²) in [6, 6.07) is 0. The van der Waals surface area contributed by atoms with Gasteiger partial charge >= 0.3 is 0 Å². The van der Waals surface area contributed by atoms with Crippen molar-refractivity contribution in [1.82, 2.24) is 5.32 Å². The Morgan fingerprint density at radius 2 is 2.36 bits per heavy atom. The topological polar surface area (TPSA) is 21.3 Å². The van der Waals surface area contributed by atoms with Gasteiger partial charge < -0.3 is 10.1 Å². The monoisotopic (exact) mass is 189 g/mol. The molecule has 2 unspecified atom stereocenters. The molecule has 3 aliphatic rings. The lowest BCUT2D eigenvalue weighted by atomic mass is 9.84. The molecule has 1 aliphatic carbocycles. The summed E-state index contributed by atoms with van der Waals surface area (Å²) in [5.41, 5.74) is 2.98. The molecule has 0 saturated carbocycles. The molecule has 0 aromatic carbocycles. The molecule has 0 amide bonds. The Hall–Kier alpha value is -0.860. The summed E-state index contributed by atoms with van der Waals surface area (Å²) in [7, 11) is 0. The average molecular weight is 189 g/mol. The number of ether oxygens (including phenoxy) is 1. The smallest absolute Gasteiger partial charge is 0.101 e. The fraction of sp³-hybridized carbons (Fsp3) is 0.500. The Morgan fingerprint density at radius 1 is 1.36 bits per heavy atom. The van der Waals surface area contributed by atoms with Gasteiger partial charge in [-0.05, 0) is 24.1 Å². The average Bonchev–Trinajstić information content (AvgIpc) is 2.29. The molecule has 1 saturated heterocycles. The minimum absolute atomic E-state index is 0.228. The second-order valence-electron chi connectivity index (χ2n) is 4.14. The van der Waals surface area contributed by atoms with E-state index in [0.717, 1.165) is 19.7 Å². The molecule has 0 spiro atoms. The molecule has 1 N–H and O–H groups in total. The van der Waals surface area contributed by atoms with Crippen molar-refractivity contribution in [3.63, 3.8) is 0 Å². The van der Waals surface area contributed by atoms with Crippen LogP contribution >= 0.6 is 0 Å². The molecule has 2 aliphatic heterocycles. The van der Waals surface area contributed by atoms with Crippen molar-refractivity contribution < 1.29 is 4.74 Å². The fourth-order valence-electron chi connectivity index (χ4n) is 2.52. The molecule has 1 fully saturated rings. The SMILES string of the molecule is C1=CC2=C3CNCCC3COC2C=C1. The third kappa shape index (κ3) is 1.26. The minimum Gasteiger partial charge on any atom is -0.369 e. The Morgan fingerprint density at radius 3 is 3.36 bits per heavy atom. The maximum Gasteiger partial charge on any atom is 0.101 e. The summed E-state index contributed by atoms with van der Waals surface area (Å²) in [5.74, 6) is 0.665. The van der Waals surface area contributed by atoms with Crippen molar-refractivity contribution in [2.24, 2.45) is 5.92 Å². The predicted octanol–water partition coefficient (Wildman–Crippen LogP) is 1.42. The van der Waals surface area contributed by atoms with Gasteiger partial charge in [0, 0.05) is 12.5 Å². The number of rotatable bonds is 0. The van der Waals surface area contributed by atoms with E-state index in [4.69, 9.17) is 4.74 Å². The minimum atomic E-state index is 0.228. The molecule has 2 heteroatoms. The van der Waals surface area contributed by atoms with Gasteiger partial charge in [-0.1, -0.05) is 24.3 Å². The van der Waals surface area contributed by atoms with Gasteiger partial charge in [-0.25, -0.2) is 0 Å². The lowest BCUT2D eigenvalue weighted by molar-refractivity contribution is 0.0640. The van der Waals surface area contributed by atoms with E-state index in [-0.39, 0.29) is 6.10 Å². The van der Waals surface area contributed by atoms with Gasteiger partial charge in [0.15, 0.2) is 0 Å². The van der Waals surface area contributed by atoms with Crippen LogP contribution in [0.5, 0.6) is 0 Å². The van der Waals surface area contributed by atoms with Crippen molar-refractivity contribution >= 4 is 0 Å². The zero-order valence-electron chi connectivity index (χ0n) is 8.20. The lowest BCUT2D eigenvalue weighted by Crippen LogP contribution is -2.39. The van der Waals surface area contributed by atoms with E-state index in [9.17, 15) is 0 Å². The molecule has 2 atom stereocenters. The van der Waals surface area contributed by atoms with Gasteiger partial charge in [0.25, 0.3) is 0 Å². The summed E-state index contributed by atoms with van der Waals surface area (Å²) >= 11 is 0. The zero-order chi connectivity index (χ0) is 9.38. The number of piperidine rings is 1. The van der Waals surface area contributed by atoms with Crippen LogP contribution in [-0.2, 0) is 4.74 Å². The van der Waals surface area contributed by atoms with E-state index in [1.54, 1.807) is 5.57 Å². The molecular weight excluding hydrogens is 174 g/mol. The van der Waals surface area contributed by atoms with Crippen molar-refractivity contribution in [2.75, 3.05) is 19.7 Å². The summed E-state index contributed by atoms with van der Waals surface area (Å²) < 4.78 is 5.83. The van der Waals surface area contributed by atoms with Gasteiger partial charge in [-0.3, -0.25) is 0 Å². The van der Waals surface area contributed by atoms with Crippen molar-refractivity contribution in [1.29, 1.82) is 0 Å². The summed E-state index contributed by atoms with van der Waals surface area (Å²) in [6.45, 7) is 3.09. The number of hydrogen-bond acceptors (Lipinski definition) is 2. The number of allylic oxidation sites excluding steroid dienone is 2. The highest BCUT2D eigenvalue weighted by Gasteiger charge is 2.29. The van der Waals surface area contributed by atoms with Gasteiger partial charge in [0.05, 0.1) is 6.61 Å². The fourth-order valence-corrected chi connectivity index (χ4v) is 2.52. The van der Waals surface area contributed by atoms with Crippen LogP contribution < -0.4 is 5.32 Å². The van der Waals surface area contributed by atoms with Crippen molar-refractivity contribution in [3.8, 4) is 0 Å². The highest BCUT2D eigenvalue weighted by molar-refractivity contribution is 5.41. The van der Waals surface area contributed by atoms with Gasteiger partial charge in [0.2, 0.25) is 0 Å². The Balaban J connectivity index is 2.00. The second kappa shape index (κ2) is 3.37. The Labute approximate surface area is 84.3 Å².